The fourth-order valence-electron chi connectivity index (χ4n) is 5.55. The minimum absolute atomic E-state index is 0.229. The van der Waals surface area contributed by atoms with Gasteiger partial charge in [-0.25, -0.2) is 19.7 Å². The summed E-state index contributed by atoms with van der Waals surface area (Å²) in [6.45, 7) is 2.01. The second kappa shape index (κ2) is 10.4. The molecule has 0 bridgehead atoms. The zero-order chi connectivity index (χ0) is 27.0. The Labute approximate surface area is 230 Å². The normalized spacial score (nSPS) is 19.0. The Balaban J connectivity index is 1.25. The summed E-state index contributed by atoms with van der Waals surface area (Å²) in [5.41, 5.74) is 2.32. The van der Waals surface area contributed by atoms with E-state index in [1.54, 1.807) is 30.6 Å². The first-order chi connectivity index (χ1) is 18.9. The monoisotopic (exact) mass is 542 g/mol. The molecule has 3 N–H and O–H groups in total. The highest BCUT2D eigenvalue weighted by atomic mass is 32.1. The molecule has 200 valence electrons. The molecule has 0 aliphatic heterocycles. The molecular weight excluding hydrogens is 512 g/mol. The van der Waals surface area contributed by atoms with Crippen LogP contribution in [0.5, 0.6) is 5.75 Å². The van der Waals surface area contributed by atoms with E-state index in [1.165, 1.54) is 24.2 Å². The SMILES string of the molecule is Cc1cc(Nc2cc(OC3CCCC3)ccn2)nc(-c2cnc([C@]3(O)CCCc4cc(C(=O)O)ccc43)s2)c1. The van der Waals surface area contributed by atoms with Gasteiger partial charge in [-0.3, -0.25) is 0 Å². The number of hydrogen-bond acceptors (Lipinski definition) is 8. The number of carboxylic acids is 1. The van der Waals surface area contributed by atoms with Crippen molar-refractivity contribution in [1.29, 1.82) is 0 Å². The molecule has 39 heavy (non-hydrogen) atoms. The third-order valence-corrected chi connectivity index (χ3v) is 8.63. The molecule has 1 atom stereocenters. The maximum absolute atomic E-state index is 11.8. The summed E-state index contributed by atoms with van der Waals surface area (Å²) in [5.74, 6) is 1.15. The lowest BCUT2D eigenvalue weighted by Gasteiger charge is -2.33. The number of carbonyl (C=O) groups is 1. The van der Waals surface area contributed by atoms with Crippen LogP contribution in [0.15, 0.2) is 54.9 Å². The van der Waals surface area contributed by atoms with Crippen molar-refractivity contribution >= 4 is 28.9 Å². The van der Waals surface area contributed by atoms with Crippen LogP contribution in [-0.4, -0.2) is 37.2 Å². The average Bonchev–Trinajstić information content (AvgIpc) is 3.62. The molecule has 1 fully saturated rings. The number of fused-ring (bicyclic) bond motifs is 1. The van der Waals surface area contributed by atoms with E-state index >= 15 is 0 Å². The van der Waals surface area contributed by atoms with E-state index in [2.05, 4.69) is 15.3 Å². The highest BCUT2D eigenvalue weighted by Crippen LogP contribution is 2.43. The predicted molar refractivity (Wildman–Crippen MR) is 150 cm³/mol. The maximum atomic E-state index is 11.8. The fourth-order valence-corrected chi connectivity index (χ4v) is 6.56. The third kappa shape index (κ3) is 5.24. The number of aromatic carboxylic acids is 1. The number of anilines is 2. The van der Waals surface area contributed by atoms with Crippen LogP contribution in [0.25, 0.3) is 10.6 Å². The van der Waals surface area contributed by atoms with Crippen LogP contribution < -0.4 is 10.1 Å². The number of aromatic nitrogens is 3. The van der Waals surface area contributed by atoms with Crippen LogP contribution in [0.1, 0.15) is 70.6 Å². The number of aliphatic hydroxyl groups is 1. The first-order valence-corrected chi connectivity index (χ1v) is 14.1. The molecule has 4 aromatic rings. The summed E-state index contributed by atoms with van der Waals surface area (Å²) in [4.78, 5) is 26.2. The number of nitrogens with zero attached hydrogens (tertiary/aromatic N) is 3. The molecule has 9 heteroatoms. The van der Waals surface area contributed by atoms with Gasteiger partial charge in [0.2, 0.25) is 0 Å². The summed E-state index contributed by atoms with van der Waals surface area (Å²) >= 11 is 1.41. The molecule has 1 saturated carbocycles. The van der Waals surface area contributed by atoms with Crippen LogP contribution in [-0.2, 0) is 12.0 Å². The van der Waals surface area contributed by atoms with Crippen molar-refractivity contribution in [1.82, 2.24) is 15.0 Å². The van der Waals surface area contributed by atoms with Crippen molar-refractivity contribution in [2.45, 2.75) is 63.6 Å². The average molecular weight is 543 g/mol. The molecule has 8 nitrogen and oxygen atoms in total. The Bertz CT molecular complexity index is 1530. The first kappa shape index (κ1) is 25.5. The summed E-state index contributed by atoms with van der Waals surface area (Å²) in [7, 11) is 0. The number of rotatable bonds is 7. The van der Waals surface area contributed by atoms with Gasteiger partial charge in [-0.15, -0.1) is 11.3 Å². The van der Waals surface area contributed by atoms with E-state index < -0.39 is 11.6 Å². The van der Waals surface area contributed by atoms with E-state index in [0.29, 0.717) is 23.1 Å². The number of nitrogens with one attached hydrogen (secondary N) is 1. The molecule has 6 rings (SSSR count). The van der Waals surface area contributed by atoms with Gasteiger partial charge < -0.3 is 20.3 Å². The fraction of sp³-hybridized carbons (Fsp3) is 0.333. The van der Waals surface area contributed by atoms with Crippen LogP contribution >= 0.6 is 11.3 Å². The minimum Gasteiger partial charge on any atom is -0.490 e. The number of pyridine rings is 2. The molecular formula is C30H30N4O4S. The molecule has 0 spiro atoms. The lowest BCUT2D eigenvalue weighted by atomic mass is 9.79. The Kier molecular flexibility index (Phi) is 6.78. The summed E-state index contributed by atoms with van der Waals surface area (Å²) in [5, 5.41) is 25.0. The van der Waals surface area contributed by atoms with E-state index in [1.807, 2.05) is 31.2 Å². The zero-order valence-electron chi connectivity index (χ0n) is 21.7. The van der Waals surface area contributed by atoms with Gasteiger partial charge in [0.15, 0.2) is 0 Å². The molecule has 0 unspecified atom stereocenters. The highest BCUT2D eigenvalue weighted by molar-refractivity contribution is 7.15. The number of benzene rings is 1. The number of carboxylic acid groups (broad SMARTS) is 1. The van der Waals surface area contributed by atoms with Gasteiger partial charge in [-0.1, -0.05) is 6.07 Å². The van der Waals surface area contributed by atoms with Gasteiger partial charge in [-0.2, -0.15) is 0 Å². The topological polar surface area (TPSA) is 117 Å². The number of aryl methyl sites for hydroxylation is 2. The molecule has 0 radical (unpaired) electrons. The summed E-state index contributed by atoms with van der Waals surface area (Å²) in [6, 6.07) is 12.7. The highest BCUT2D eigenvalue weighted by Gasteiger charge is 2.39. The molecule has 0 amide bonds. The van der Waals surface area contributed by atoms with E-state index in [9.17, 15) is 15.0 Å². The molecule has 2 aliphatic rings. The second-order valence-electron chi connectivity index (χ2n) is 10.4. The summed E-state index contributed by atoms with van der Waals surface area (Å²) in [6.07, 6.45) is 10.4. The van der Waals surface area contributed by atoms with Crippen LogP contribution in [0, 0.1) is 6.92 Å². The standard InChI is InChI=1S/C30H30N4O4S/c1-18-13-24(33-27(14-18)34-26-16-22(10-12-31-26)38-21-6-2-3-7-21)25-17-32-29(39-25)30(37)11-4-5-19-15-20(28(35)36)8-9-23(19)30/h8-10,12-17,21,37H,2-7,11H2,1H3,(H,35,36)(H,31,33,34)/t30-/m0/s1. The lowest BCUT2D eigenvalue weighted by Crippen LogP contribution is -2.32. The van der Waals surface area contributed by atoms with Crippen molar-refractivity contribution in [3.05, 3.63) is 82.1 Å². The van der Waals surface area contributed by atoms with E-state index in [0.717, 1.165) is 58.7 Å². The molecule has 2 aliphatic carbocycles. The number of ether oxygens (including phenoxy) is 1. The number of hydrogen-bond donors (Lipinski definition) is 3. The zero-order valence-corrected chi connectivity index (χ0v) is 22.5. The minimum atomic E-state index is -1.26. The summed E-state index contributed by atoms with van der Waals surface area (Å²) < 4.78 is 6.12. The molecule has 3 heterocycles. The smallest absolute Gasteiger partial charge is 0.335 e. The third-order valence-electron chi connectivity index (χ3n) is 7.46. The van der Waals surface area contributed by atoms with Gasteiger partial charge in [0.25, 0.3) is 0 Å². The molecule has 0 saturated heterocycles. The Morgan fingerprint density at radius 1 is 1.08 bits per heavy atom. The number of thiazole rings is 1. The molecule has 3 aromatic heterocycles. The van der Waals surface area contributed by atoms with Crippen molar-refractivity contribution in [3.63, 3.8) is 0 Å². The van der Waals surface area contributed by atoms with Gasteiger partial charge in [0.05, 0.1) is 22.2 Å². The van der Waals surface area contributed by atoms with Crippen LogP contribution in [0.4, 0.5) is 11.6 Å². The second-order valence-corrected chi connectivity index (χ2v) is 11.4. The molecule has 1 aromatic carbocycles. The van der Waals surface area contributed by atoms with Gasteiger partial charge in [-0.05, 0) is 98.9 Å². The Morgan fingerprint density at radius 2 is 1.92 bits per heavy atom. The van der Waals surface area contributed by atoms with Gasteiger partial charge in [0.1, 0.15) is 28.0 Å². The van der Waals surface area contributed by atoms with Crippen LogP contribution in [0.2, 0.25) is 0 Å². The van der Waals surface area contributed by atoms with Gasteiger partial charge >= 0.3 is 5.97 Å². The largest absolute Gasteiger partial charge is 0.490 e. The lowest BCUT2D eigenvalue weighted by molar-refractivity contribution is 0.0607. The Morgan fingerprint density at radius 3 is 2.74 bits per heavy atom. The van der Waals surface area contributed by atoms with E-state index in [4.69, 9.17) is 9.72 Å². The van der Waals surface area contributed by atoms with Crippen molar-refractivity contribution in [2.75, 3.05) is 5.32 Å². The van der Waals surface area contributed by atoms with Crippen molar-refractivity contribution in [3.8, 4) is 16.3 Å². The first-order valence-electron chi connectivity index (χ1n) is 13.3. The van der Waals surface area contributed by atoms with Crippen LogP contribution in [0.3, 0.4) is 0 Å². The van der Waals surface area contributed by atoms with Gasteiger partial charge in [0, 0.05) is 18.5 Å². The van der Waals surface area contributed by atoms with E-state index in [-0.39, 0.29) is 11.7 Å². The maximum Gasteiger partial charge on any atom is 0.335 e. The quantitative estimate of drug-likeness (QED) is 0.251. The van der Waals surface area contributed by atoms with Crippen molar-refractivity contribution < 1.29 is 19.7 Å². The van der Waals surface area contributed by atoms with Crippen molar-refractivity contribution in [2.24, 2.45) is 0 Å². The Hall–Kier alpha value is -3.82. The predicted octanol–water partition coefficient (Wildman–Crippen LogP) is 6.24.